The smallest absolute Gasteiger partial charge is 0.253 e. The fraction of sp³-hybridized carbons (Fsp3) is 0.500. The van der Waals surface area contributed by atoms with E-state index in [-0.39, 0.29) is 11.9 Å². The fourth-order valence-corrected chi connectivity index (χ4v) is 2.88. The minimum atomic E-state index is -0.0839. The second-order valence-corrected chi connectivity index (χ2v) is 5.61. The van der Waals surface area contributed by atoms with Gasteiger partial charge >= 0.3 is 0 Å². The molecule has 5 heteroatoms. The maximum absolute atomic E-state index is 12.5. The molecule has 5 nitrogen and oxygen atoms in total. The number of amides is 1. The van der Waals surface area contributed by atoms with Gasteiger partial charge in [-0.1, -0.05) is 6.07 Å². The van der Waals surface area contributed by atoms with Crippen molar-refractivity contribution in [2.75, 3.05) is 26.2 Å². The Labute approximate surface area is 124 Å². The number of nitriles is 1. The Morgan fingerprint density at radius 1 is 1.24 bits per heavy atom. The van der Waals surface area contributed by atoms with Crippen LogP contribution in [-0.2, 0) is 18.0 Å². The molecule has 1 aromatic rings. The molecule has 1 fully saturated rings. The van der Waals surface area contributed by atoms with Gasteiger partial charge in [-0.15, -0.1) is 0 Å². The second kappa shape index (κ2) is 5.84. The van der Waals surface area contributed by atoms with Crippen molar-refractivity contribution in [3.05, 3.63) is 34.9 Å². The molecule has 1 aromatic carbocycles. The first-order valence-corrected chi connectivity index (χ1v) is 7.31. The molecule has 0 spiro atoms. The molecule has 0 radical (unpaired) electrons. The summed E-state index contributed by atoms with van der Waals surface area (Å²) in [5.41, 5.74) is 3.04. The highest BCUT2D eigenvalue weighted by atomic mass is 16.5. The lowest BCUT2D eigenvalue weighted by atomic mass is 10.1. The quantitative estimate of drug-likeness (QED) is 0.824. The highest BCUT2D eigenvalue weighted by molar-refractivity contribution is 5.94. The molecular formula is C16H19N3O2. The van der Waals surface area contributed by atoms with Gasteiger partial charge in [-0.3, -0.25) is 9.69 Å². The zero-order valence-corrected chi connectivity index (χ0v) is 12.2. The molecule has 110 valence electrons. The SMILES string of the molecule is CC(C#N)N1CCN(C(=O)c2ccc3c(c2)COC3)CC1. The number of carbonyl (C=O) groups is 1. The van der Waals surface area contributed by atoms with Gasteiger partial charge in [0.15, 0.2) is 0 Å². The Morgan fingerprint density at radius 2 is 1.95 bits per heavy atom. The van der Waals surface area contributed by atoms with E-state index < -0.39 is 0 Å². The van der Waals surface area contributed by atoms with Crippen molar-refractivity contribution in [2.24, 2.45) is 0 Å². The average molecular weight is 285 g/mol. The molecule has 0 aliphatic carbocycles. The Kier molecular flexibility index (Phi) is 3.91. The predicted molar refractivity (Wildman–Crippen MR) is 77.5 cm³/mol. The van der Waals surface area contributed by atoms with Crippen molar-refractivity contribution in [1.29, 1.82) is 5.26 Å². The number of nitrogens with zero attached hydrogens (tertiary/aromatic N) is 3. The molecule has 2 heterocycles. The Bertz CT molecular complexity index is 586. The van der Waals surface area contributed by atoms with E-state index in [4.69, 9.17) is 10.00 Å². The molecular weight excluding hydrogens is 266 g/mol. The standard InChI is InChI=1S/C16H19N3O2/c1-12(9-17)18-4-6-19(7-5-18)16(20)13-2-3-14-10-21-11-15(14)8-13/h2-3,8,12H,4-7,10-11H2,1H3. The largest absolute Gasteiger partial charge is 0.372 e. The Balaban J connectivity index is 1.66. The molecule has 3 rings (SSSR count). The van der Waals surface area contributed by atoms with E-state index in [2.05, 4.69) is 11.0 Å². The Morgan fingerprint density at radius 3 is 2.67 bits per heavy atom. The van der Waals surface area contributed by atoms with Crippen LogP contribution >= 0.6 is 0 Å². The molecule has 1 amide bonds. The van der Waals surface area contributed by atoms with Crippen LogP contribution in [0.3, 0.4) is 0 Å². The van der Waals surface area contributed by atoms with Crippen LogP contribution in [0, 0.1) is 11.3 Å². The van der Waals surface area contributed by atoms with E-state index in [1.165, 1.54) is 5.56 Å². The third-order valence-electron chi connectivity index (χ3n) is 4.30. The zero-order chi connectivity index (χ0) is 14.8. The molecule has 2 aliphatic rings. The van der Waals surface area contributed by atoms with Gasteiger partial charge in [0, 0.05) is 31.7 Å². The monoisotopic (exact) mass is 285 g/mol. The predicted octanol–water partition coefficient (Wildman–Crippen LogP) is 1.39. The molecule has 2 aliphatic heterocycles. The molecule has 0 N–H and O–H groups in total. The van der Waals surface area contributed by atoms with E-state index in [0.717, 1.165) is 24.2 Å². The summed E-state index contributed by atoms with van der Waals surface area (Å²) < 4.78 is 5.39. The summed E-state index contributed by atoms with van der Waals surface area (Å²) in [6, 6.07) is 8.00. The van der Waals surface area contributed by atoms with E-state index in [1.54, 1.807) is 0 Å². The van der Waals surface area contributed by atoms with Gasteiger partial charge < -0.3 is 9.64 Å². The molecule has 1 saturated heterocycles. The number of piperazine rings is 1. The van der Waals surface area contributed by atoms with E-state index in [0.29, 0.717) is 26.3 Å². The van der Waals surface area contributed by atoms with Crippen molar-refractivity contribution >= 4 is 5.91 Å². The lowest BCUT2D eigenvalue weighted by Gasteiger charge is -2.36. The highest BCUT2D eigenvalue weighted by Crippen LogP contribution is 2.22. The summed E-state index contributed by atoms with van der Waals surface area (Å²) in [7, 11) is 0. The fourth-order valence-electron chi connectivity index (χ4n) is 2.88. The molecule has 1 unspecified atom stereocenters. The van der Waals surface area contributed by atoms with Gasteiger partial charge in [-0.2, -0.15) is 5.26 Å². The van der Waals surface area contributed by atoms with Gasteiger partial charge in [-0.25, -0.2) is 0 Å². The van der Waals surface area contributed by atoms with Crippen molar-refractivity contribution < 1.29 is 9.53 Å². The van der Waals surface area contributed by atoms with Gasteiger partial charge in [0.2, 0.25) is 0 Å². The Hall–Kier alpha value is -1.90. The van der Waals surface area contributed by atoms with E-state index >= 15 is 0 Å². The number of hydrogen-bond donors (Lipinski definition) is 0. The second-order valence-electron chi connectivity index (χ2n) is 5.61. The normalized spacial score (nSPS) is 19.9. The van der Waals surface area contributed by atoms with Crippen LogP contribution in [0.4, 0.5) is 0 Å². The molecule has 0 aromatic heterocycles. The third-order valence-corrected chi connectivity index (χ3v) is 4.30. The molecule has 21 heavy (non-hydrogen) atoms. The maximum Gasteiger partial charge on any atom is 0.253 e. The van der Waals surface area contributed by atoms with Crippen LogP contribution in [0.5, 0.6) is 0 Å². The molecule has 1 atom stereocenters. The first-order chi connectivity index (χ1) is 10.2. The topological polar surface area (TPSA) is 56.6 Å². The summed E-state index contributed by atoms with van der Waals surface area (Å²) >= 11 is 0. The first-order valence-electron chi connectivity index (χ1n) is 7.31. The van der Waals surface area contributed by atoms with Crippen LogP contribution in [0.15, 0.2) is 18.2 Å². The van der Waals surface area contributed by atoms with Crippen LogP contribution in [0.2, 0.25) is 0 Å². The van der Waals surface area contributed by atoms with Crippen LogP contribution in [-0.4, -0.2) is 47.9 Å². The van der Waals surface area contributed by atoms with Crippen LogP contribution in [0.1, 0.15) is 28.4 Å². The van der Waals surface area contributed by atoms with Crippen LogP contribution in [0.25, 0.3) is 0 Å². The number of benzene rings is 1. The van der Waals surface area contributed by atoms with Gasteiger partial charge in [0.25, 0.3) is 5.91 Å². The maximum atomic E-state index is 12.5. The zero-order valence-electron chi connectivity index (χ0n) is 12.2. The number of rotatable bonds is 2. The van der Waals surface area contributed by atoms with Crippen molar-refractivity contribution in [1.82, 2.24) is 9.80 Å². The third kappa shape index (κ3) is 2.78. The van der Waals surface area contributed by atoms with Gasteiger partial charge in [0.1, 0.15) is 0 Å². The summed E-state index contributed by atoms with van der Waals surface area (Å²) in [6.07, 6.45) is 0. The number of carbonyl (C=O) groups excluding carboxylic acids is 1. The van der Waals surface area contributed by atoms with Gasteiger partial charge in [0.05, 0.1) is 25.3 Å². The van der Waals surface area contributed by atoms with Crippen molar-refractivity contribution in [3.63, 3.8) is 0 Å². The van der Waals surface area contributed by atoms with Gasteiger partial charge in [-0.05, 0) is 30.2 Å². The van der Waals surface area contributed by atoms with Crippen molar-refractivity contribution in [3.8, 4) is 6.07 Å². The molecule has 0 saturated carbocycles. The summed E-state index contributed by atoms with van der Waals surface area (Å²) in [4.78, 5) is 16.5. The van der Waals surface area contributed by atoms with Crippen LogP contribution < -0.4 is 0 Å². The highest BCUT2D eigenvalue weighted by Gasteiger charge is 2.25. The van der Waals surface area contributed by atoms with E-state index in [9.17, 15) is 4.79 Å². The minimum Gasteiger partial charge on any atom is -0.372 e. The number of hydrogen-bond acceptors (Lipinski definition) is 4. The summed E-state index contributed by atoms with van der Waals surface area (Å²) in [6.45, 7) is 6.02. The molecule has 0 bridgehead atoms. The number of fused-ring (bicyclic) bond motifs is 1. The summed E-state index contributed by atoms with van der Waals surface area (Å²) in [5.74, 6) is 0.0777. The van der Waals surface area contributed by atoms with Crippen molar-refractivity contribution in [2.45, 2.75) is 26.2 Å². The average Bonchev–Trinajstić information content (AvgIpc) is 3.01. The van der Waals surface area contributed by atoms with E-state index in [1.807, 2.05) is 30.0 Å². The lowest BCUT2D eigenvalue weighted by Crippen LogP contribution is -2.51. The first kappa shape index (κ1) is 14.1. The minimum absolute atomic E-state index is 0.0777. The summed E-state index contributed by atoms with van der Waals surface area (Å²) in [5, 5.41) is 8.95. The lowest BCUT2D eigenvalue weighted by molar-refractivity contribution is 0.0615. The number of ether oxygens (including phenoxy) is 1.